The van der Waals surface area contributed by atoms with E-state index in [0.717, 1.165) is 22.4 Å². The van der Waals surface area contributed by atoms with E-state index in [4.69, 9.17) is 14.7 Å². The lowest BCUT2D eigenvalue weighted by Crippen LogP contribution is -2.32. The lowest BCUT2D eigenvalue weighted by Gasteiger charge is -2.17. The van der Waals surface area contributed by atoms with Gasteiger partial charge in [0.1, 0.15) is 5.82 Å². The maximum Gasteiger partial charge on any atom is 0.338 e. The number of ether oxygens (including phenoxy) is 1. The maximum absolute atomic E-state index is 13.1. The van der Waals surface area contributed by atoms with Gasteiger partial charge >= 0.3 is 5.97 Å². The number of nitrogens with one attached hydrogen (secondary N) is 1. The van der Waals surface area contributed by atoms with E-state index in [1.165, 1.54) is 0 Å². The summed E-state index contributed by atoms with van der Waals surface area (Å²) < 4.78 is 5.59. The molecule has 0 aliphatic rings. The zero-order chi connectivity index (χ0) is 26.5. The standard InChI is InChI=1S/C31H26N4O3/c1-3-26(30(36)35-29-20(2)11-10-18-32-29)38-31(37)23-16-17-24-25(19-23)34-28(22-14-8-5-9-15-22)27(33-24)21-12-6-4-7-13-21/h4-19,26H,3H2,1-2H3,(H,32,35,36). The fraction of sp³-hybridized carbons (Fsp3) is 0.129. The predicted octanol–water partition coefficient (Wildman–Crippen LogP) is 6.24. The smallest absolute Gasteiger partial charge is 0.338 e. The van der Waals surface area contributed by atoms with Crippen molar-refractivity contribution in [3.8, 4) is 22.5 Å². The van der Waals surface area contributed by atoms with Crippen LogP contribution < -0.4 is 5.32 Å². The van der Waals surface area contributed by atoms with Crippen molar-refractivity contribution in [1.29, 1.82) is 0 Å². The number of aromatic nitrogens is 3. The average molecular weight is 503 g/mol. The highest BCUT2D eigenvalue weighted by Gasteiger charge is 2.23. The Morgan fingerprint density at radius 3 is 2.05 bits per heavy atom. The van der Waals surface area contributed by atoms with Gasteiger partial charge in [-0.15, -0.1) is 0 Å². The number of hydrogen-bond acceptors (Lipinski definition) is 6. The molecule has 0 aliphatic carbocycles. The summed E-state index contributed by atoms with van der Waals surface area (Å²) in [6.45, 7) is 3.63. The molecule has 5 aromatic rings. The molecule has 0 saturated heterocycles. The number of pyridine rings is 1. The number of rotatable bonds is 7. The van der Waals surface area contributed by atoms with Crippen LogP contribution in [0.25, 0.3) is 33.5 Å². The molecule has 0 saturated carbocycles. The largest absolute Gasteiger partial charge is 0.449 e. The molecule has 0 bridgehead atoms. The first-order valence-corrected chi connectivity index (χ1v) is 12.4. The van der Waals surface area contributed by atoms with Gasteiger partial charge in [-0.05, 0) is 43.2 Å². The summed E-state index contributed by atoms with van der Waals surface area (Å²) in [7, 11) is 0. The number of anilines is 1. The molecule has 0 radical (unpaired) electrons. The Labute approximate surface area is 220 Å². The third-order valence-corrected chi connectivity index (χ3v) is 6.16. The summed E-state index contributed by atoms with van der Waals surface area (Å²) in [5.41, 5.74) is 5.65. The average Bonchev–Trinajstić information content (AvgIpc) is 2.96. The second kappa shape index (κ2) is 11.0. The van der Waals surface area contributed by atoms with E-state index < -0.39 is 18.0 Å². The zero-order valence-corrected chi connectivity index (χ0v) is 21.1. The van der Waals surface area contributed by atoms with Crippen LogP contribution in [0.5, 0.6) is 0 Å². The van der Waals surface area contributed by atoms with E-state index in [2.05, 4.69) is 10.3 Å². The molecule has 7 heteroatoms. The monoisotopic (exact) mass is 502 g/mol. The first-order valence-electron chi connectivity index (χ1n) is 12.4. The van der Waals surface area contributed by atoms with Gasteiger partial charge in [0.05, 0.1) is 28.0 Å². The Bertz CT molecular complexity index is 1600. The number of esters is 1. The minimum atomic E-state index is -0.967. The Morgan fingerprint density at radius 1 is 0.816 bits per heavy atom. The van der Waals surface area contributed by atoms with Crippen molar-refractivity contribution < 1.29 is 14.3 Å². The summed E-state index contributed by atoms with van der Waals surface area (Å²) in [4.78, 5) is 39.8. The summed E-state index contributed by atoms with van der Waals surface area (Å²) in [6.07, 6.45) is 0.944. The molecule has 5 rings (SSSR count). The number of benzene rings is 3. The van der Waals surface area contributed by atoms with E-state index in [0.29, 0.717) is 34.5 Å². The minimum absolute atomic E-state index is 0.290. The van der Waals surface area contributed by atoms with Crippen molar-refractivity contribution in [1.82, 2.24) is 15.0 Å². The molecule has 1 N–H and O–H groups in total. The Kier molecular flexibility index (Phi) is 7.17. The molecule has 0 aliphatic heterocycles. The summed E-state index contributed by atoms with van der Waals surface area (Å²) in [5.74, 6) is -0.598. The van der Waals surface area contributed by atoms with E-state index in [-0.39, 0.29) is 0 Å². The normalized spacial score (nSPS) is 11.6. The van der Waals surface area contributed by atoms with Gasteiger partial charge in [0.2, 0.25) is 0 Å². The molecule has 0 fully saturated rings. The Hall–Kier alpha value is -4.91. The summed E-state index contributed by atoms with van der Waals surface area (Å²) in [6, 6.07) is 28.4. The van der Waals surface area contributed by atoms with Crippen molar-refractivity contribution in [2.75, 3.05) is 5.32 Å². The van der Waals surface area contributed by atoms with Crippen molar-refractivity contribution >= 4 is 28.7 Å². The van der Waals surface area contributed by atoms with Gasteiger partial charge in [0.25, 0.3) is 5.91 Å². The molecule has 3 aromatic carbocycles. The zero-order valence-electron chi connectivity index (χ0n) is 21.1. The maximum atomic E-state index is 13.1. The third kappa shape index (κ3) is 5.27. The van der Waals surface area contributed by atoms with Crippen LogP contribution in [0.4, 0.5) is 5.82 Å². The van der Waals surface area contributed by atoms with E-state index in [1.54, 1.807) is 37.4 Å². The molecule has 0 spiro atoms. The van der Waals surface area contributed by atoms with Crippen LogP contribution in [0.15, 0.2) is 97.2 Å². The Morgan fingerprint density at radius 2 is 1.45 bits per heavy atom. The highest BCUT2D eigenvalue weighted by atomic mass is 16.5. The molecule has 2 aromatic heterocycles. The summed E-state index contributed by atoms with van der Waals surface area (Å²) >= 11 is 0. The highest BCUT2D eigenvalue weighted by molar-refractivity contribution is 5.99. The van der Waals surface area contributed by atoms with Crippen LogP contribution in [0.1, 0.15) is 29.3 Å². The lowest BCUT2D eigenvalue weighted by atomic mass is 10.0. The van der Waals surface area contributed by atoms with Crippen LogP contribution in [0.3, 0.4) is 0 Å². The number of hydrogen-bond donors (Lipinski definition) is 1. The van der Waals surface area contributed by atoms with Gasteiger partial charge in [0.15, 0.2) is 6.10 Å². The number of carbonyl (C=O) groups excluding carboxylic acids is 2. The molecular formula is C31H26N4O3. The number of nitrogens with zero attached hydrogens (tertiary/aromatic N) is 3. The van der Waals surface area contributed by atoms with E-state index in [1.807, 2.05) is 73.7 Å². The van der Waals surface area contributed by atoms with Gasteiger partial charge in [0, 0.05) is 17.3 Å². The number of carbonyl (C=O) groups is 2. The molecular weight excluding hydrogens is 476 g/mol. The highest BCUT2D eigenvalue weighted by Crippen LogP contribution is 2.31. The van der Waals surface area contributed by atoms with Crippen LogP contribution in [-0.2, 0) is 9.53 Å². The van der Waals surface area contributed by atoms with Crippen molar-refractivity contribution in [3.05, 3.63) is 108 Å². The molecule has 7 nitrogen and oxygen atoms in total. The van der Waals surface area contributed by atoms with Gasteiger partial charge < -0.3 is 10.1 Å². The molecule has 1 atom stereocenters. The van der Waals surface area contributed by atoms with Crippen molar-refractivity contribution in [2.24, 2.45) is 0 Å². The van der Waals surface area contributed by atoms with Gasteiger partial charge in [-0.25, -0.2) is 19.7 Å². The van der Waals surface area contributed by atoms with Crippen LogP contribution in [0, 0.1) is 6.92 Å². The number of aryl methyl sites for hydroxylation is 1. The molecule has 188 valence electrons. The lowest BCUT2D eigenvalue weighted by molar-refractivity contribution is -0.124. The SMILES string of the molecule is CCC(OC(=O)c1ccc2nc(-c3ccccc3)c(-c3ccccc3)nc2c1)C(=O)Nc1ncccc1C. The van der Waals surface area contributed by atoms with Crippen molar-refractivity contribution in [3.63, 3.8) is 0 Å². The van der Waals surface area contributed by atoms with Crippen LogP contribution in [-0.4, -0.2) is 32.9 Å². The summed E-state index contributed by atoms with van der Waals surface area (Å²) in [5, 5.41) is 2.75. The molecule has 2 heterocycles. The number of amides is 1. The predicted molar refractivity (Wildman–Crippen MR) is 148 cm³/mol. The fourth-order valence-corrected chi connectivity index (χ4v) is 4.11. The Balaban J connectivity index is 1.45. The molecule has 1 unspecified atom stereocenters. The second-order valence-electron chi connectivity index (χ2n) is 8.82. The first kappa shape index (κ1) is 24.8. The van der Waals surface area contributed by atoms with Crippen molar-refractivity contribution in [2.45, 2.75) is 26.4 Å². The topological polar surface area (TPSA) is 94.1 Å². The first-order chi connectivity index (χ1) is 18.5. The van der Waals surface area contributed by atoms with Crippen LogP contribution >= 0.6 is 0 Å². The fourth-order valence-electron chi connectivity index (χ4n) is 4.11. The number of fused-ring (bicyclic) bond motifs is 1. The minimum Gasteiger partial charge on any atom is -0.449 e. The molecule has 1 amide bonds. The van der Waals surface area contributed by atoms with E-state index in [9.17, 15) is 9.59 Å². The van der Waals surface area contributed by atoms with Crippen LogP contribution in [0.2, 0.25) is 0 Å². The molecule has 38 heavy (non-hydrogen) atoms. The second-order valence-corrected chi connectivity index (χ2v) is 8.82. The van der Waals surface area contributed by atoms with Gasteiger partial charge in [-0.1, -0.05) is 73.7 Å². The van der Waals surface area contributed by atoms with Gasteiger partial charge in [-0.2, -0.15) is 0 Å². The van der Waals surface area contributed by atoms with Gasteiger partial charge in [-0.3, -0.25) is 4.79 Å². The third-order valence-electron chi connectivity index (χ3n) is 6.16. The van der Waals surface area contributed by atoms with E-state index >= 15 is 0 Å². The quantitative estimate of drug-likeness (QED) is 0.265.